The van der Waals surface area contributed by atoms with Crippen LogP contribution in [0.1, 0.15) is 50.0 Å². The fraction of sp³-hybridized carbons (Fsp3) is 0.471. The van der Waals surface area contributed by atoms with Gasteiger partial charge in [-0.05, 0) is 64.5 Å². The van der Waals surface area contributed by atoms with E-state index in [0.29, 0.717) is 18.6 Å². The lowest BCUT2D eigenvalue weighted by Gasteiger charge is -2.13. The van der Waals surface area contributed by atoms with Crippen molar-refractivity contribution in [2.24, 2.45) is 0 Å². The van der Waals surface area contributed by atoms with Crippen molar-refractivity contribution in [3.63, 3.8) is 0 Å². The summed E-state index contributed by atoms with van der Waals surface area (Å²) < 4.78 is 11.1. The molecule has 0 aromatic heterocycles. The summed E-state index contributed by atoms with van der Waals surface area (Å²) in [5.74, 6) is 1.61. The zero-order valence-corrected chi connectivity index (χ0v) is 13.0. The van der Waals surface area contributed by atoms with E-state index >= 15 is 0 Å². The Morgan fingerprint density at radius 2 is 2.05 bits per heavy atom. The van der Waals surface area contributed by atoms with Crippen molar-refractivity contribution in [2.45, 2.75) is 47.1 Å². The van der Waals surface area contributed by atoms with E-state index in [1.54, 1.807) is 0 Å². The molecule has 0 saturated carbocycles. The molecule has 3 nitrogen and oxygen atoms in total. The van der Waals surface area contributed by atoms with E-state index in [-0.39, 0.29) is 11.9 Å². The highest BCUT2D eigenvalue weighted by Gasteiger charge is 2.11. The maximum atomic E-state index is 12.2. The minimum absolute atomic E-state index is 0.0609. The topological polar surface area (TPSA) is 35.5 Å². The maximum absolute atomic E-state index is 12.2. The van der Waals surface area contributed by atoms with Crippen LogP contribution in [0, 0.1) is 6.92 Å². The van der Waals surface area contributed by atoms with Gasteiger partial charge in [0.15, 0.2) is 5.78 Å². The Kier molecular flexibility index (Phi) is 6.29. The SMILES string of the molecule is CC=C(CC(=O)c1ccc(OC(C)C)c(C)c1)OCC. The largest absolute Gasteiger partial charge is 0.498 e. The van der Waals surface area contributed by atoms with Crippen LogP contribution in [0.5, 0.6) is 5.75 Å². The molecule has 20 heavy (non-hydrogen) atoms. The summed E-state index contributed by atoms with van der Waals surface area (Å²) in [7, 11) is 0. The monoisotopic (exact) mass is 276 g/mol. The van der Waals surface area contributed by atoms with Crippen LogP contribution >= 0.6 is 0 Å². The number of hydrogen-bond donors (Lipinski definition) is 0. The number of rotatable bonds is 7. The van der Waals surface area contributed by atoms with Crippen LogP contribution in [-0.4, -0.2) is 18.5 Å². The van der Waals surface area contributed by atoms with Gasteiger partial charge in [-0.2, -0.15) is 0 Å². The first-order valence-electron chi connectivity index (χ1n) is 7.06. The normalized spacial score (nSPS) is 11.6. The molecule has 1 aromatic rings. The Balaban J connectivity index is 2.82. The number of ether oxygens (including phenoxy) is 2. The number of allylic oxidation sites excluding steroid dienone is 2. The van der Waals surface area contributed by atoms with E-state index in [1.165, 1.54) is 0 Å². The number of Topliss-reactive ketones (excluding diaryl/α,β-unsaturated/α-hetero) is 1. The van der Waals surface area contributed by atoms with E-state index in [2.05, 4.69) is 0 Å². The third-order valence-electron chi connectivity index (χ3n) is 2.85. The summed E-state index contributed by atoms with van der Waals surface area (Å²) in [4.78, 5) is 12.2. The summed E-state index contributed by atoms with van der Waals surface area (Å²) >= 11 is 0. The van der Waals surface area contributed by atoms with Crippen LogP contribution in [0.4, 0.5) is 0 Å². The smallest absolute Gasteiger partial charge is 0.170 e. The van der Waals surface area contributed by atoms with E-state index in [1.807, 2.05) is 58.9 Å². The molecule has 0 heterocycles. The summed E-state index contributed by atoms with van der Waals surface area (Å²) in [5, 5.41) is 0. The average Bonchev–Trinajstić information content (AvgIpc) is 2.39. The lowest BCUT2D eigenvalue weighted by Crippen LogP contribution is -2.08. The molecule has 0 aliphatic carbocycles. The molecule has 0 bridgehead atoms. The second kappa shape index (κ2) is 7.73. The molecule has 0 amide bonds. The van der Waals surface area contributed by atoms with E-state index in [4.69, 9.17) is 9.47 Å². The van der Waals surface area contributed by atoms with Gasteiger partial charge in [-0.25, -0.2) is 0 Å². The highest BCUT2D eigenvalue weighted by atomic mass is 16.5. The predicted molar refractivity (Wildman–Crippen MR) is 81.3 cm³/mol. The standard InChI is InChI=1S/C17H24O3/c1-6-15(19-7-2)11-16(18)14-8-9-17(13(5)10-14)20-12(3)4/h6,8-10,12H,7,11H2,1-5H3. The molecule has 1 aromatic carbocycles. The summed E-state index contributed by atoms with van der Waals surface area (Å²) in [6.45, 7) is 10.3. The molecule has 0 saturated heterocycles. The zero-order valence-electron chi connectivity index (χ0n) is 13.0. The van der Waals surface area contributed by atoms with E-state index in [9.17, 15) is 4.79 Å². The average molecular weight is 276 g/mol. The third-order valence-corrected chi connectivity index (χ3v) is 2.85. The van der Waals surface area contributed by atoms with Crippen LogP contribution in [0.25, 0.3) is 0 Å². The molecule has 0 fully saturated rings. The summed E-state index contributed by atoms with van der Waals surface area (Å²) in [5.41, 5.74) is 1.67. The van der Waals surface area contributed by atoms with Crippen molar-refractivity contribution in [1.82, 2.24) is 0 Å². The second-order valence-corrected chi connectivity index (χ2v) is 4.93. The maximum Gasteiger partial charge on any atom is 0.170 e. The van der Waals surface area contributed by atoms with Gasteiger partial charge in [0.05, 0.1) is 24.9 Å². The lowest BCUT2D eigenvalue weighted by atomic mass is 10.0. The summed E-state index contributed by atoms with van der Waals surface area (Å²) in [6.07, 6.45) is 2.27. The highest BCUT2D eigenvalue weighted by molar-refractivity contribution is 5.97. The van der Waals surface area contributed by atoms with Crippen LogP contribution in [0.2, 0.25) is 0 Å². The molecular weight excluding hydrogens is 252 g/mol. The van der Waals surface area contributed by atoms with Gasteiger partial charge < -0.3 is 9.47 Å². The lowest BCUT2D eigenvalue weighted by molar-refractivity contribution is 0.0964. The molecule has 1 rings (SSSR count). The van der Waals surface area contributed by atoms with Gasteiger partial charge in [-0.3, -0.25) is 4.79 Å². The molecule has 110 valence electrons. The van der Waals surface area contributed by atoms with Crippen molar-refractivity contribution in [3.8, 4) is 5.75 Å². The third kappa shape index (κ3) is 4.72. The van der Waals surface area contributed by atoms with Gasteiger partial charge in [0.2, 0.25) is 0 Å². The Morgan fingerprint density at radius 3 is 2.55 bits per heavy atom. The molecule has 0 radical (unpaired) electrons. The Bertz CT molecular complexity index is 487. The van der Waals surface area contributed by atoms with Crippen molar-refractivity contribution >= 4 is 5.78 Å². The summed E-state index contributed by atoms with van der Waals surface area (Å²) in [6, 6.07) is 5.55. The number of ketones is 1. The first-order valence-corrected chi connectivity index (χ1v) is 7.06. The van der Waals surface area contributed by atoms with Crippen LogP contribution in [0.15, 0.2) is 30.0 Å². The molecular formula is C17H24O3. The number of aryl methyl sites for hydroxylation is 1. The fourth-order valence-corrected chi connectivity index (χ4v) is 1.89. The van der Waals surface area contributed by atoms with Gasteiger partial charge >= 0.3 is 0 Å². The molecule has 0 unspecified atom stereocenters. The number of carbonyl (C=O) groups is 1. The van der Waals surface area contributed by atoms with Crippen LogP contribution in [0.3, 0.4) is 0 Å². The predicted octanol–water partition coefficient (Wildman–Crippen LogP) is 4.30. The second-order valence-electron chi connectivity index (χ2n) is 4.93. The van der Waals surface area contributed by atoms with E-state index < -0.39 is 0 Å². The fourth-order valence-electron chi connectivity index (χ4n) is 1.89. The zero-order chi connectivity index (χ0) is 15.1. The Hall–Kier alpha value is -1.77. The van der Waals surface area contributed by atoms with Crippen molar-refractivity contribution in [2.75, 3.05) is 6.61 Å². The van der Waals surface area contributed by atoms with Gasteiger partial charge in [0, 0.05) is 5.56 Å². The molecule has 0 N–H and O–H groups in total. The molecule has 0 aliphatic heterocycles. The minimum atomic E-state index is 0.0609. The minimum Gasteiger partial charge on any atom is -0.498 e. The van der Waals surface area contributed by atoms with Crippen LogP contribution < -0.4 is 4.74 Å². The van der Waals surface area contributed by atoms with Gasteiger partial charge in [0.25, 0.3) is 0 Å². The van der Waals surface area contributed by atoms with Crippen molar-refractivity contribution in [3.05, 3.63) is 41.2 Å². The van der Waals surface area contributed by atoms with Gasteiger partial charge in [-0.1, -0.05) is 0 Å². The number of hydrogen-bond acceptors (Lipinski definition) is 3. The van der Waals surface area contributed by atoms with Gasteiger partial charge in [-0.15, -0.1) is 0 Å². The Morgan fingerprint density at radius 1 is 1.35 bits per heavy atom. The Labute approximate surface area is 121 Å². The number of benzene rings is 1. The van der Waals surface area contributed by atoms with Gasteiger partial charge in [0.1, 0.15) is 5.75 Å². The first kappa shape index (κ1) is 16.3. The van der Waals surface area contributed by atoms with E-state index in [0.717, 1.165) is 17.1 Å². The molecule has 0 spiro atoms. The first-order chi connectivity index (χ1) is 9.47. The quantitative estimate of drug-likeness (QED) is 0.550. The van der Waals surface area contributed by atoms with Crippen molar-refractivity contribution < 1.29 is 14.3 Å². The molecule has 3 heteroatoms. The molecule has 0 atom stereocenters. The highest BCUT2D eigenvalue weighted by Crippen LogP contribution is 2.22. The van der Waals surface area contributed by atoms with Crippen LogP contribution in [-0.2, 0) is 4.74 Å². The van der Waals surface area contributed by atoms with Crippen molar-refractivity contribution in [1.29, 1.82) is 0 Å². The molecule has 0 aliphatic rings. The number of carbonyl (C=O) groups excluding carboxylic acids is 1.